The lowest BCUT2D eigenvalue weighted by molar-refractivity contribution is -0.429. The fourth-order valence-corrected chi connectivity index (χ4v) is 2.97. The van der Waals surface area contributed by atoms with Gasteiger partial charge in [-0.05, 0) is 6.08 Å². The number of ether oxygens (including phenoxy) is 10. The summed E-state index contributed by atoms with van der Waals surface area (Å²) in [5, 5.41) is 10.8. The van der Waals surface area contributed by atoms with E-state index in [2.05, 4.69) is 0 Å². The Balaban J connectivity index is 1.77. The molecule has 0 aromatic rings. The van der Waals surface area contributed by atoms with Gasteiger partial charge in [0, 0.05) is 25.5 Å². The van der Waals surface area contributed by atoms with Crippen LogP contribution in [-0.4, -0.2) is 124 Å². The molecule has 1 aliphatic carbocycles. The predicted molar refractivity (Wildman–Crippen MR) is 137 cm³/mol. The lowest BCUT2D eigenvalue weighted by Gasteiger charge is -2.17. The summed E-state index contributed by atoms with van der Waals surface area (Å²) in [5.74, 6) is 0.0446. The van der Waals surface area contributed by atoms with Crippen molar-refractivity contribution in [3.63, 3.8) is 0 Å². The minimum absolute atomic E-state index is 0.0174. The Morgan fingerprint density at radius 2 is 1.10 bits per heavy atom. The average Bonchev–Trinajstić information content (AvgIpc) is 2.92. The monoisotopic (exact) mass is 565 g/mol. The summed E-state index contributed by atoms with van der Waals surface area (Å²) in [6, 6.07) is 0. The highest BCUT2D eigenvalue weighted by molar-refractivity contribution is 5.61. The zero-order chi connectivity index (χ0) is 28.4. The number of allylic oxidation sites excluding steroid dienone is 4. The molecule has 0 saturated heterocycles. The van der Waals surface area contributed by atoms with Crippen molar-refractivity contribution < 1.29 is 57.1 Å². The highest BCUT2D eigenvalue weighted by Gasteiger charge is 2.25. The Labute approximate surface area is 229 Å². The van der Waals surface area contributed by atoms with Crippen molar-refractivity contribution >= 4 is 6.16 Å². The SMILES string of the molecule is COCCOCCOCCOCCOCCOCCOCCOCCOC(=O)OC1=CC=C([N+](=O)[O-])CC1C. The average molecular weight is 566 g/mol. The normalized spacial score (nSPS) is 15.1. The fourth-order valence-electron chi connectivity index (χ4n) is 2.97. The number of nitro groups is 1. The quantitative estimate of drug-likeness (QED) is 0.0651. The molecule has 39 heavy (non-hydrogen) atoms. The van der Waals surface area contributed by atoms with E-state index in [1.807, 2.05) is 0 Å². The lowest BCUT2D eigenvalue weighted by Crippen LogP contribution is -2.18. The van der Waals surface area contributed by atoms with Gasteiger partial charge in [-0.25, -0.2) is 4.79 Å². The van der Waals surface area contributed by atoms with Crippen molar-refractivity contribution in [2.75, 3.05) is 113 Å². The maximum atomic E-state index is 11.7. The fraction of sp³-hybridized carbons (Fsp3) is 0.800. The van der Waals surface area contributed by atoms with Crippen molar-refractivity contribution in [1.82, 2.24) is 0 Å². The van der Waals surface area contributed by atoms with Crippen LogP contribution < -0.4 is 0 Å². The van der Waals surface area contributed by atoms with Crippen LogP contribution in [0.25, 0.3) is 0 Å². The molecule has 0 aromatic carbocycles. The first-order valence-electron chi connectivity index (χ1n) is 13.0. The highest BCUT2D eigenvalue weighted by atomic mass is 16.7. The third-order valence-corrected chi connectivity index (χ3v) is 4.99. The number of hydrogen-bond donors (Lipinski definition) is 0. The van der Waals surface area contributed by atoms with Gasteiger partial charge in [-0.1, -0.05) is 6.92 Å². The maximum Gasteiger partial charge on any atom is 0.513 e. The van der Waals surface area contributed by atoms with Crippen LogP contribution in [0.4, 0.5) is 4.79 Å². The minimum atomic E-state index is -0.874. The van der Waals surface area contributed by atoms with Gasteiger partial charge in [-0.2, -0.15) is 0 Å². The van der Waals surface area contributed by atoms with E-state index in [9.17, 15) is 14.9 Å². The topological polar surface area (TPSA) is 153 Å². The molecule has 0 spiro atoms. The van der Waals surface area contributed by atoms with E-state index in [0.717, 1.165) is 0 Å². The van der Waals surface area contributed by atoms with Crippen LogP contribution >= 0.6 is 0 Å². The van der Waals surface area contributed by atoms with Gasteiger partial charge in [0.2, 0.25) is 5.70 Å². The largest absolute Gasteiger partial charge is 0.513 e. The Hall–Kier alpha value is -2.17. The number of carbonyl (C=O) groups excluding carboxylic acids is 1. The Morgan fingerprint density at radius 3 is 1.46 bits per heavy atom. The van der Waals surface area contributed by atoms with Gasteiger partial charge in [-0.15, -0.1) is 0 Å². The second-order valence-electron chi connectivity index (χ2n) is 8.07. The number of carbonyl (C=O) groups is 1. The number of methoxy groups -OCH3 is 1. The first-order chi connectivity index (χ1) is 19.0. The molecule has 226 valence electrons. The van der Waals surface area contributed by atoms with E-state index in [1.54, 1.807) is 14.0 Å². The molecule has 0 heterocycles. The summed E-state index contributed by atoms with van der Waals surface area (Å²) in [5.41, 5.74) is 0.0755. The van der Waals surface area contributed by atoms with Gasteiger partial charge in [0.1, 0.15) is 12.4 Å². The summed E-state index contributed by atoms with van der Waals surface area (Å²) in [6.45, 7) is 8.65. The molecule has 0 bridgehead atoms. The van der Waals surface area contributed by atoms with Gasteiger partial charge in [-0.3, -0.25) is 10.1 Å². The second kappa shape index (κ2) is 24.8. The van der Waals surface area contributed by atoms with Gasteiger partial charge in [0.25, 0.3) is 0 Å². The number of rotatable bonds is 26. The van der Waals surface area contributed by atoms with Crippen LogP contribution in [0.1, 0.15) is 13.3 Å². The smallest absolute Gasteiger partial charge is 0.432 e. The van der Waals surface area contributed by atoms with E-state index in [-0.39, 0.29) is 31.2 Å². The third-order valence-electron chi connectivity index (χ3n) is 4.99. The van der Waals surface area contributed by atoms with Gasteiger partial charge in [0.05, 0.1) is 104 Å². The summed E-state index contributed by atoms with van der Waals surface area (Å²) in [4.78, 5) is 22.1. The Morgan fingerprint density at radius 1 is 0.718 bits per heavy atom. The Bertz CT molecular complexity index is 701. The minimum Gasteiger partial charge on any atom is -0.432 e. The van der Waals surface area contributed by atoms with Crippen molar-refractivity contribution in [3.8, 4) is 0 Å². The van der Waals surface area contributed by atoms with Gasteiger partial charge in [0.15, 0.2) is 0 Å². The van der Waals surface area contributed by atoms with Crippen LogP contribution in [0, 0.1) is 16.0 Å². The summed E-state index contributed by atoms with van der Waals surface area (Å²) >= 11 is 0. The molecule has 0 saturated carbocycles. The molecule has 0 fully saturated rings. The van der Waals surface area contributed by atoms with Gasteiger partial charge >= 0.3 is 6.16 Å². The van der Waals surface area contributed by atoms with E-state index >= 15 is 0 Å². The molecule has 0 radical (unpaired) electrons. The van der Waals surface area contributed by atoms with E-state index in [1.165, 1.54) is 12.2 Å². The van der Waals surface area contributed by atoms with Crippen LogP contribution in [0.5, 0.6) is 0 Å². The molecule has 14 heteroatoms. The Kier molecular flexibility index (Phi) is 22.2. The summed E-state index contributed by atoms with van der Waals surface area (Å²) in [7, 11) is 1.63. The van der Waals surface area contributed by atoms with Crippen molar-refractivity contribution in [1.29, 1.82) is 0 Å². The van der Waals surface area contributed by atoms with Crippen LogP contribution in [0.3, 0.4) is 0 Å². The standard InChI is InChI=1S/C25H43NO13/c1-22-21-23(26(28)29)3-4-24(22)39-25(27)38-20-19-37-18-17-36-16-15-35-14-13-34-12-11-33-10-9-32-8-7-31-6-5-30-2/h3-4,22H,5-21H2,1-2H3. The number of nitrogens with zero attached hydrogens (tertiary/aromatic N) is 1. The van der Waals surface area contributed by atoms with Crippen LogP contribution in [0.15, 0.2) is 23.6 Å². The molecule has 1 unspecified atom stereocenters. The highest BCUT2D eigenvalue weighted by Crippen LogP contribution is 2.26. The zero-order valence-electron chi connectivity index (χ0n) is 23.0. The molecule has 0 aliphatic heterocycles. The molecule has 1 atom stereocenters. The third kappa shape index (κ3) is 20.4. The second-order valence-corrected chi connectivity index (χ2v) is 8.07. The summed E-state index contributed by atoms with van der Waals surface area (Å²) in [6.07, 6.45) is 2.05. The van der Waals surface area contributed by atoms with Crippen LogP contribution in [0.2, 0.25) is 0 Å². The number of hydrogen-bond acceptors (Lipinski definition) is 13. The maximum absolute atomic E-state index is 11.7. The van der Waals surface area contributed by atoms with E-state index in [4.69, 9.17) is 47.4 Å². The van der Waals surface area contributed by atoms with Gasteiger partial charge < -0.3 is 47.4 Å². The lowest BCUT2D eigenvalue weighted by atomic mass is 9.98. The first kappa shape index (κ1) is 34.9. The zero-order valence-corrected chi connectivity index (χ0v) is 23.0. The molecule has 1 rings (SSSR count). The molecule has 0 N–H and O–H groups in total. The van der Waals surface area contributed by atoms with Crippen LogP contribution in [-0.2, 0) is 47.4 Å². The summed E-state index contributed by atoms with van der Waals surface area (Å²) < 4.78 is 52.5. The molecule has 1 aliphatic rings. The molecular weight excluding hydrogens is 522 g/mol. The first-order valence-corrected chi connectivity index (χ1v) is 13.0. The predicted octanol–water partition coefficient (Wildman–Crippen LogP) is 1.99. The molecule has 14 nitrogen and oxygen atoms in total. The van der Waals surface area contributed by atoms with E-state index in [0.29, 0.717) is 98.3 Å². The van der Waals surface area contributed by atoms with E-state index < -0.39 is 11.1 Å². The molecule has 0 amide bonds. The van der Waals surface area contributed by atoms with Crippen molar-refractivity contribution in [2.45, 2.75) is 13.3 Å². The molecule has 0 aromatic heterocycles. The molecular formula is C25H43NO13. The van der Waals surface area contributed by atoms with Crippen molar-refractivity contribution in [3.05, 3.63) is 33.7 Å². The van der Waals surface area contributed by atoms with Crippen molar-refractivity contribution in [2.24, 2.45) is 5.92 Å².